The van der Waals surface area contributed by atoms with Gasteiger partial charge in [-0.2, -0.15) is 0 Å². The molecular formula is C33H44F2N6O3S. The number of hydrogen-bond acceptors (Lipinski definition) is 8. The summed E-state index contributed by atoms with van der Waals surface area (Å²) in [6.45, 7) is 5.27. The summed E-state index contributed by atoms with van der Waals surface area (Å²) in [6, 6.07) is 8.08. The van der Waals surface area contributed by atoms with Gasteiger partial charge in [-0.15, -0.1) is 0 Å². The van der Waals surface area contributed by atoms with Crippen molar-refractivity contribution in [2.75, 3.05) is 54.4 Å². The van der Waals surface area contributed by atoms with Crippen LogP contribution < -0.4 is 15.8 Å². The molecule has 2 aromatic heterocycles. The second-order valence-electron chi connectivity index (χ2n) is 12.9. The Morgan fingerprint density at radius 1 is 0.889 bits per heavy atom. The van der Waals surface area contributed by atoms with Crippen LogP contribution in [0.2, 0.25) is 0 Å². The topological polar surface area (TPSA) is 100 Å². The van der Waals surface area contributed by atoms with Crippen molar-refractivity contribution in [1.29, 1.82) is 0 Å². The molecule has 0 spiro atoms. The van der Waals surface area contributed by atoms with E-state index in [1.54, 1.807) is 22.8 Å². The molecule has 1 atom stereocenters. The number of aryl methyl sites for hydroxylation is 1. The Balaban J connectivity index is 1.37. The molecule has 0 aliphatic carbocycles. The summed E-state index contributed by atoms with van der Waals surface area (Å²) >= 11 is 0. The van der Waals surface area contributed by atoms with Crippen molar-refractivity contribution in [1.82, 2.24) is 19.4 Å². The van der Waals surface area contributed by atoms with Crippen LogP contribution in [0.1, 0.15) is 75.5 Å². The first-order valence-corrected chi connectivity index (χ1v) is 18.3. The number of pyridine rings is 1. The SMILES string of the molecule is C[C@H]1Nc2ncnc3c2cc(N2CCS(=O)(=O)CC2)c(=O)n3CCCCCCCCN2CCC(CC2)C(F)(F)c2cccc1c2. The summed E-state index contributed by atoms with van der Waals surface area (Å²) in [4.78, 5) is 27.1. The van der Waals surface area contributed by atoms with Crippen molar-refractivity contribution < 1.29 is 17.2 Å². The number of nitrogens with zero attached hydrogens (tertiary/aromatic N) is 5. The Hall–Kier alpha value is -3.12. The van der Waals surface area contributed by atoms with E-state index in [1.165, 1.54) is 12.4 Å². The maximum atomic E-state index is 15.9. The van der Waals surface area contributed by atoms with Gasteiger partial charge >= 0.3 is 0 Å². The van der Waals surface area contributed by atoms with Crippen molar-refractivity contribution in [2.45, 2.75) is 76.8 Å². The molecule has 4 aliphatic rings. The highest BCUT2D eigenvalue weighted by molar-refractivity contribution is 7.91. The molecule has 0 radical (unpaired) electrons. The lowest BCUT2D eigenvalue weighted by Gasteiger charge is -2.36. The molecule has 0 amide bonds. The summed E-state index contributed by atoms with van der Waals surface area (Å²) in [5.41, 5.74) is 1.51. The summed E-state index contributed by atoms with van der Waals surface area (Å²) in [5.74, 6) is -3.11. The van der Waals surface area contributed by atoms with Crippen LogP contribution in [0, 0.1) is 5.92 Å². The molecule has 6 heterocycles. The quantitative estimate of drug-likeness (QED) is 0.379. The molecule has 0 unspecified atom stereocenters. The number of aromatic nitrogens is 3. The van der Waals surface area contributed by atoms with Gasteiger partial charge in [0.25, 0.3) is 11.5 Å². The summed E-state index contributed by atoms with van der Waals surface area (Å²) < 4.78 is 57.7. The zero-order chi connectivity index (χ0) is 31.6. The fourth-order valence-corrected chi connectivity index (χ4v) is 8.24. The first-order valence-electron chi connectivity index (χ1n) is 16.4. The van der Waals surface area contributed by atoms with E-state index in [0.29, 0.717) is 60.6 Å². The first-order chi connectivity index (χ1) is 21.6. The fourth-order valence-electron chi connectivity index (χ4n) is 7.04. The Labute approximate surface area is 264 Å². The van der Waals surface area contributed by atoms with Crippen molar-refractivity contribution in [3.05, 3.63) is 58.1 Å². The minimum Gasteiger partial charge on any atom is -0.365 e. The third-order valence-electron chi connectivity index (χ3n) is 9.88. The van der Waals surface area contributed by atoms with Crippen molar-refractivity contribution in [2.24, 2.45) is 5.92 Å². The maximum Gasteiger partial charge on any atom is 0.276 e. The number of alkyl halides is 2. The number of anilines is 2. The highest BCUT2D eigenvalue weighted by Gasteiger charge is 2.42. The standard InChI is InChI=1S/C33H44F2N6O3S/c1-24-25-9-8-10-27(21-25)33(34,35)26-11-15-39(16-12-26)13-6-4-2-3-5-7-14-41-31-28(30(38-24)36-23-37-31)22-29(32(41)42)40-17-19-45(43,44)20-18-40/h8-10,21-24,26H,2-7,11-20H2,1H3,(H,36,37,38)/t24-/m1/s1. The summed E-state index contributed by atoms with van der Waals surface area (Å²) in [6.07, 6.45) is 8.52. The molecule has 8 bridgehead atoms. The van der Waals surface area contributed by atoms with Gasteiger partial charge in [-0.25, -0.2) is 27.2 Å². The second kappa shape index (κ2) is 13.3. The first kappa shape index (κ1) is 31.8. The van der Waals surface area contributed by atoms with E-state index < -0.39 is 21.7 Å². The maximum absolute atomic E-state index is 15.9. The van der Waals surface area contributed by atoms with E-state index in [0.717, 1.165) is 45.1 Å². The highest BCUT2D eigenvalue weighted by atomic mass is 32.2. The van der Waals surface area contributed by atoms with Crippen LogP contribution in [-0.4, -0.2) is 72.1 Å². The Bertz CT molecular complexity index is 1660. The lowest BCUT2D eigenvalue weighted by molar-refractivity contribution is -0.0855. The molecular weight excluding hydrogens is 598 g/mol. The third-order valence-corrected chi connectivity index (χ3v) is 11.5. The molecule has 244 valence electrons. The predicted molar refractivity (Wildman–Crippen MR) is 174 cm³/mol. The number of fused-ring (bicyclic) bond motifs is 10. The van der Waals surface area contributed by atoms with Crippen LogP contribution in [0.15, 0.2) is 41.5 Å². The van der Waals surface area contributed by atoms with Crippen LogP contribution in [0.3, 0.4) is 0 Å². The molecule has 1 N–H and O–H groups in total. The normalized spacial score (nSPS) is 26.1. The predicted octanol–water partition coefficient (Wildman–Crippen LogP) is 5.36. The van der Waals surface area contributed by atoms with E-state index in [1.807, 2.05) is 17.9 Å². The van der Waals surface area contributed by atoms with Crippen molar-refractivity contribution >= 4 is 32.4 Å². The van der Waals surface area contributed by atoms with Crippen LogP contribution in [-0.2, 0) is 22.3 Å². The fraction of sp³-hybridized carbons (Fsp3) is 0.606. The Kier molecular flexibility index (Phi) is 9.42. The van der Waals surface area contributed by atoms with Gasteiger partial charge in [0.15, 0.2) is 9.84 Å². The zero-order valence-corrected chi connectivity index (χ0v) is 26.9. The van der Waals surface area contributed by atoms with Gasteiger partial charge in [0.05, 0.1) is 16.9 Å². The minimum absolute atomic E-state index is 0.00248. The number of rotatable bonds is 1. The summed E-state index contributed by atoms with van der Waals surface area (Å²) in [7, 11) is -3.13. The lowest BCUT2D eigenvalue weighted by Crippen LogP contribution is -2.43. The average molecular weight is 643 g/mol. The molecule has 2 fully saturated rings. The van der Waals surface area contributed by atoms with Gasteiger partial charge < -0.3 is 15.1 Å². The Morgan fingerprint density at radius 3 is 2.31 bits per heavy atom. The smallest absolute Gasteiger partial charge is 0.276 e. The van der Waals surface area contributed by atoms with E-state index in [4.69, 9.17) is 0 Å². The van der Waals surface area contributed by atoms with E-state index in [-0.39, 0.29) is 41.8 Å². The van der Waals surface area contributed by atoms with E-state index >= 15 is 8.78 Å². The van der Waals surface area contributed by atoms with Crippen LogP contribution >= 0.6 is 0 Å². The van der Waals surface area contributed by atoms with Gasteiger partial charge in [0.1, 0.15) is 23.5 Å². The lowest BCUT2D eigenvalue weighted by atomic mass is 9.85. The zero-order valence-electron chi connectivity index (χ0n) is 26.1. The van der Waals surface area contributed by atoms with Crippen LogP contribution in [0.4, 0.5) is 20.3 Å². The minimum atomic E-state index is -3.13. The number of piperidine rings is 1. The van der Waals surface area contributed by atoms with Crippen LogP contribution in [0.25, 0.3) is 11.0 Å². The van der Waals surface area contributed by atoms with Gasteiger partial charge in [-0.1, -0.05) is 43.9 Å². The highest BCUT2D eigenvalue weighted by Crippen LogP contribution is 2.42. The van der Waals surface area contributed by atoms with E-state index in [9.17, 15) is 13.2 Å². The molecule has 45 heavy (non-hydrogen) atoms. The number of nitrogens with one attached hydrogen (secondary N) is 1. The molecule has 2 saturated heterocycles. The molecule has 1 aromatic carbocycles. The largest absolute Gasteiger partial charge is 0.365 e. The van der Waals surface area contributed by atoms with Crippen LogP contribution in [0.5, 0.6) is 0 Å². The number of benzene rings is 1. The second-order valence-corrected chi connectivity index (χ2v) is 15.2. The molecule has 4 aliphatic heterocycles. The number of sulfone groups is 1. The van der Waals surface area contributed by atoms with Gasteiger partial charge in [-0.05, 0) is 69.9 Å². The van der Waals surface area contributed by atoms with Gasteiger partial charge in [0.2, 0.25) is 0 Å². The number of hydrogen-bond donors (Lipinski definition) is 1. The van der Waals surface area contributed by atoms with Gasteiger partial charge in [-0.3, -0.25) is 9.36 Å². The van der Waals surface area contributed by atoms with Gasteiger partial charge in [0, 0.05) is 37.2 Å². The van der Waals surface area contributed by atoms with E-state index in [2.05, 4.69) is 20.2 Å². The van der Waals surface area contributed by atoms with Crippen molar-refractivity contribution in [3.8, 4) is 0 Å². The molecule has 9 nitrogen and oxygen atoms in total. The van der Waals surface area contributed by atoms with Crippen molar-refractivity contribution in [3.63, 3.8) is 0 Å². The summed E-state index contributed by atoms with van der Waals surface area (Å²) in [5, 5.41) is 4.06. The monoisotopic (exact) mass is 642 g/mol. The molecule has 12 heteroatoms. The molecule has 7 rings (SSSR count). The Morgan fingerprint density at radius 2 is 1.58 bits per heavy atom. The third kappa shape index (κ3) is 7.01. The number of halogens is 2. The molecule has 0 saturated carbocycles. The average Bonchev–Trinajstić information content (AvgIpc) is 3.03. The molecule has 3 aromatic rings.